The first-order valence-corrected chi connectivity index (χ1v) is 5.68. The largest absolute Gasteiger partial charge is 0.351 e. The Labute approximate surface area is 91.8 Å². The van der Waals surface area contributed by atoms with Crippen molar-refractivity contribution in [1.29, 1.82) is 0 Å². The Balaban J connectivity index is 2.29. The van der Waals surface area contributed by atoms with Crippen LogP contribution in [0, 0.1) is 0 Å². The molecule has 0 bridgehead atoms. The van der Waals surface area contributed by atoms with E-state index in [4.69, 9.17) is 0 Å². The first-order valence-electron chi connectivity index (χ1n) is 4.56. The molecule has 1 N–H and O–H groups in total. The lowest BCUT2D eigenvalue weighted by Gasteiger charge is -2.00. The Bertz CT molecular complexity index is 298. The monoisotopic (exact) mass is 259 g/mol. The number of imidazole rings is 1. The van der Waals surface area contributed by atoms with Crippen LogP contribution in [-0.2, 0) is 7.05 Å². The number of unbranched alkanes of at least 4 members (excludes halogenated alkanes) is 1. The Morgan fingerprint density at radius 3 is 3.00 bits per heavy atom. The Hall–Kier alpha value is -0.840. The molecular weight excluding hydrogens is 246 g/mol. The SMILES string of the molecule is Cn1cnc(C(=O)NCCCCBr)c1. The molecule has 0 aliphatic rings. The summed E-state index contributed by atoms with van der Waals surface area (Å²) in [5, 5.41) is 3.79. The number of hydrogen-bond acceptors (Lipinski definition) is 2. The van der Waals surface area contributed by atoms with Gasteiger partial charge in [-0.25, -0.2) is 4.98 Å². The van der Waals surface area contributed by atoms with Crippen LogP contribution in [0.25, 0.3) is 0 Å². The normalized spacial score (nSPS) is 10.1. The summed E-state index contributed by atoms with van der Waals surface area (Å²) in [6.07, 6.45) is 5.39. The van der Waals surface area contributed by atoms with Gasteiger partial charge in [-0.15, -0.1) is 0 Å². The lowest BCUT2D eigenvalue weighted by atomic mass is 10.3. The number of nitrogens with zero attached hydrogens (tertiary/aromatic N) is 2. The molecule has 1 aromatic rings. The molecule has 0 aliphatic carbocycles. The summed E-state index contributed by atoms with van der Waals surface area (Å²) in [6.45, 7) is 0.709. The average Bonchev–Trinajstić information content (AvgIpc) is 2.59. The summed E-state index contributed by atoms with van der Waals surface area (Å²) < 4.78 is 1.76. The van der Waals surface area contributed by atoms with Gasteiger partial charge in [-0.3, -0.25) is 4.79 Å². The number of amides is 1. The highest BCUT2D eigenvalue weighted by Gasteiger charge is 2.06. The minimum absolute atomic E-state index is 0.0971. The summed E-state index contributed by atoms with van der Waals surface area (Å²) in [7, 11) is 1.84. The van der Waals surface area contributed by atoms with Gasteiger partial charge >= 0.3 is 0 Å². The number of nitrogens with one attached hydrogen (secondary N) is 1. The van der Waals surface area contributed by atoms with Gasteiger partial charge in [0.1, 0.15) is 5.69 Å². The van der Waals surface area contributed by atoms with E-state index in [-0.39, 0.29) is 5.91 Å². The highest BCUT2D eigenvalue weighted by molar-refractivity contribution is 9.09. The number of halogens is 1. The number of aryl methyl sites for hydroxylation is 1. The number of carbonyl (C=O) groups excluding carboxylic acids is 1. The first kappa shape index (κ1) is 11.2. The number of alkyl halides is 1. The van der Waals surface area contributed by atoms with E-state index in [9.17, 15) is 4.79 Å². The zero-order valence-corrected chi connectivity index (χ0v) is 9.75. The van der Waals surface area contributed by atoms with Crippen LogP contribution in [0.15, 0.2) is 12.5 Å². The summed E-state index contributed by atoms with van der Waals surface area (Å²) in [5.74, 6) is -0.0971. The Kier molecular flexibility index (Phi) is 4.65. The van der Waals surface area contributed by atoms with E-state index < -0.39 is 0 Å². The molecule has 0 radical (unpaired) electrons. The van der Waals surface area contributed by atoms with E-state index in [1.807, 2.05) is 7.05 Å². The average molecular weight is 260 g/mol. The van der Waals surface area contributed by atoms with Crippen molar-refractivity contribution in [3.63, 3.8) is 0 Å². The second-order valence-electron chi connectivity index (χ2n) is 3.08. The predicted molar refractivity (Wildman–Crippen MR) is 58.6 cm³/mol. The standard InChI is InChI=1S/C9H14BrN3O/c1-13-6-8(12-7-13)9(14)11-5-3-2-4-10/h6-7H,2-5H2,1H3,(H,11,14). The third kappa shape index (κ3) is 3.49. The van der Waals surface area contributed by atoms with Crippen molar-refractivity contribution in [3.05, 3.63) is 18.2 Å². The van der Waals surface area contributed by atoms with Crippen LogP contribution in [0.5, 0.6) is 0 Å². The van der Waals surface area contributed by atoms with Crippen molar-refractivity contribution in [1.82, 2.24) is 14.9 Å². The third-order valence-electron chi connectivity index (χ3n) is 1.78. The molecule has 1 rings (SSSR count). The lowest BCUT2D eigenvalue weighted by Crippen LogP contribution is -2.24. The van der Waals surface area contributed by atoms with Gasteiger partial charge in [0.25, 0.3) is 5.91 Å². The van der Waals surface area contributed by atoms with Crippen molar-refractivity contribution in [2.45, 2.75) is 12.8 Å². The lowest BCUT2D eigenvalue weighted by molar-refractivity contribution is 0.0948. The molecule has 0 atom stereocenters. The maximum absolute atomic E-state index is 11.4. The van der Waals surface area contributed by atoms with Crippen molar-refractivity contribution in [3.8, 4) is 0 Å². The smallest absolute Gasteiger partial charge is 0.271 e. The van der Waals surface area contributed by atoms with Gasteiger partial charge in [0, 0.05) is 25.1 Å². The quantitative estimate of drug-likeness (QED) is 0.641. The molecule has 14 heavy (non-hydrogen) atoms. The summed E-state index contributed by atoms with van der Waals surface area (Å²) >= 11 is 3.34. The van der Waals surface area contributed by atoms with E-state index in [0.29, 0.717) is 12.2 Å². The molecule has 0 saturated carbocycles. The molecule has 0 fully saturated rings. The van der Waals surface area contributed by atoms with Crippen LogP contribution >= 0.6 is 15.9 Å². The number of rotatable bonds is 5. The van der Waals surface area contributed by atoms with E-state index >= 15 is 0 Å². The van der Waals surface area contributed by atoms with Gasteiger partial charge in [0.05, 0.1) is 6.33 Å². The topological polar surface area (TPSA) is 46.9 Å². The summed E-state index contributed by atoms with van der Waals surface area (Å²) in [6, 6.07) is 0. The zero-order chi connectivity index (χ0) is 10.4. The number of aromatic nitrogens is 2. The van der Waals surface area contributed by atoms with Crippen molar-refractivity contribution >= 4 is 21.8 Å². The van der Waals surface area contributed by atoms with Crippen molar-refractivity contribution in [2.24, 2.45) is 7.05 Å². The zero-order valence-electron chi connectivity index (χ0n) is 8.16. The van der Waals surface area contributed by atoms with Crippen LogP contribution in [0.4, 0.5) is 0 Å². The van der Waals surface area contributed by atoms with Crippen molar-refractivity contribution < 1.29 is 4.79 Å². The highest BCUT2D eigenvalue weighted by atomic mass is 79.9. The number of hydrogen-bond donors (Lipinski definition) is 1. The number of carbonyl (C=O) groups is 1. The van der Waals surface area contributed by atoms with Crippen LogP contribution in [0.2, 0.25) is 0 Å². The summed E-state index contributed by atoms with van der Waals surface area (Å²) in [5.41, 5.74) is 0.478. The van der Waals surface area contributed by atoms with E-state index in [2.05, 4.69) is 26.2 Å². The van der Waals surface area contributed by atoms with Gasteiger partial charge < -0.3 is 9.88 Å². The second-order valence-corrected chi connectivity index (χ2v) is 3.87. The molecular formula is C9H14BrN3O. The first-order chi connectivity index (χ1) is 6.74. The van der Waals surface area contributed by atoms with E-state index in [1.165, 1.54) is 0 Å². The maximum atomic E-state index is 11.4. The molecule has 0 aromatic carbocycles. The molecule has 4 nitrogen and oxygen atoms in total. The molecule has 1 aromatic heterocycles. The molecule has 5 heteroatoms. The maximum Gasteiger partial charge on any atom is 0.271 e. The third-order valence-corrected chi connectivity index (χ3v) is 2.34. The molecule has 1 heterocycles. The van der Waals surface area contributed by atoms with Crippen LogP contribution in [-0.4, -0.2) is 27.3 Å². The predicted octanol–water partition coefficient (Wildman–Crippen LogP) is 1.32. The molecule has 0 spiro atoms. The fraction of sp³-hybridized carbons (Fsp3) is 0.556. The fourth-order valence-electron chi connectivity index (χ4n) is 1.04. The highest BCUT2D eigenvalue weighted by Crippen LogP contribution is 1.95. The van der Waals surface area contributed by atoms with Gasteiger partial charge in [-0.05, 0) is 12.8 Å². The minimum Gasteiger partial charge on any atom is -0.351 e. The Morgan fingerprint density at radius 1 is 1.64 bits per heavy atom. The van der Waals surface area contributed by atoms with Gasteiger partial charge in [-0.2, -0.15) is 0 Å². The van der Waals surface area contributed by atoms with E-state index in [0.717, 1.165) is 18.2 Å². The van der Waals surface area contributed by atoms with E-state index in [1.54, 1.807) is 17.1 Å². The molecule has 0 saturated heterocycles. The van der Waals surface area contributed by atoms with Crippen LogP contribution in [0.1, 0.15) is 23.3 Å². The fourth-order valence-corrected chi connectivity index (χ4v) is 1.44. The minimum atomic E-state index is -0.0971. The van der Waals surface area contributed by atoms with Crippen molar-refractivity contribution in [2.75, 3.05) is 11.9 Å². The Morgan fingerprint density at radius 2 is 2.43 bits per heavy atom. The summed E-state index contributed by atoms with van der Waals surface area (Å²) in [4.78, 5) is 15.4. The van der Waals surface area contributed by atoms with Gasteiger partial charge in [0.15, 0.2) is 0 Å². The molecule has 78 valence electrons. The van der Waals surface area contributed by atoms with Gasteiger partial charge in [0.2, 0.25) is 0 Å². The molecule has 1 amide bonds. The second kappa shape index (κ2) is 5.80. The van der Waals surface area contributed by atoms with Crippen LogP contribution in [0.3, 0.4) is 0 Å². The van der Waals surface area contributed by atoms with Gasteiger partial charge in [-0.1, -0.05) is 15.9 Å². The molecule has 0 unspecified atom stereocenters. The van der Waals surface area contributed by atoms with Crippen LogP contribution < -0.4 is 5.32 Å². The molecule has 0 aliphatic heterocycles.